The fourth-order valence-corrected chi connectivity index (χ4v) is 2.29. The van der Waals surface area contributed by atoms with Gasteiger partial charge in [-0.05, 0) is 25.5 Å². The van der Waals surface area contributed by atoms with E-state index in [1.807, 2.05) is 19.9 Å². The summed E-state index contributed by atoms with van der Waals surface area (Å²) in [7, 11) is 0. The van der Waals surface area contributed by atoms with Crippen LogP contribution in [0.15, 0.2) is 29.9 Å². The van der Waals surface area contributed by atoms with Crippen LogP contribution in [0, 0.1) is 17.0 Å². The number of hydrogen-bond donors (Lipinski definition) is 1. The molecule has 0 saturated heterocycles. The maximum Gasteiger partial charge on any atom is 0.292 e. The lowest BCUT2D eigenvalue weighted by Crippen LogP contribution is -2.07. The standard InChI is InChI=1S/C12H13N3O2S/c1-8-3-4-10(11(5-8)15(16)17)14-9(2)12-6-13-7-18-12/h3-7,9,14H,1-2H3/t9-/m0/s1. The summed E-state index contributed by atoms with van der Waals surface area (Å²) in [4.78, 5) is 15.7. The summed E-state index contributed by atoms with van der Waals surface area (Å²) in [5, 5.41) is 14.1. The average molecular weight is 263 g/mol. The summed E-state index contributed by atoms with van der Waals surface area (Å²) in [6.45, 7) is 3.79. The molecule has 94 valence electrons. The number of nitrogens with one attached hydrogen (secondary N) is 1. The van der Waals surface area contributed by atoms with Crippen molar-refractivity contribution in [2.45, 2.75) is 19.9 Å². The van der Waals surface area contributed by atoms with Crippen LogP contribution >= 0.6 is 11.3 Å². The molecule has 1 aromatic carbocycles. The van der Waals surface area contributed by atoms with Gasteiger partial charge in [0.05, 0.1) is 16.5 Å². The summed E-state index contributed by atoms with van der Waals surface area (Å²) in [6, 6.07) is 5.17. The van der Waals surface area contributed by atoms with E-state index in [4.69, 9.17) is 0 Å². The third-order valence-electron chi connectivity index (χ3n) is 2.60. The highest BCUT2D eigenvalue weighted by Gasteiger charge is 2.16. The Morgan fingerprint density at radius 2 is 2.28 bits per heavy atom. The van der Waals surface area contributed by atoms with E-state index in [1.165, 1.54) is 11.3 Å². The summed E-state index contributed by atoms with van der Waals surface area (Å²) in [5.41, 5.74) is 3.26. The summed E-state index contributed by atoms with van der Waals surface area (Å²) >= 11 is 1.52. The molecule has 0 saturated carbocycles. The molecule has 2 rings (SSSR count). The van der Waals surface area contributed by atoms with Gasteiger partial charge in [0.1, 0.15) is 5.69 Å². The van der Waals surface area contributed by atoms with Crippen molar-refractivity contribution in [3.63, 3.8) is 0 Å². The predicted octanol–water partition coefficient (Wildman–Crippen LogP) is 3.53. The first-order valence-electron chi connectivity index (χ1n) is 5.48. The zero-order valence-electron chi connectivity index (χ0n) is 10.1. The fraction of sp³-hybridized carbons (Fsp3) is 0.250. The highest BCUT2D eigenvalue weighted by molar-refractivity contribution is 7.09. The Morgan fingerprint density at radius 3 is 2.89 bits per heavy atom. The molecule has 5 nitrogen and oxygen atoms in total. The van der Waals surface area contributed by atoms with E-state index in [0.717, 1.165) is 10.4 Å². The molecule has 0 aliphatic heterocycles. The van der Waals surface area contributed by atoms with Crippen LogP contribution in [0.4, 0.5) is 11.4 Å². The van der Waals surface area contributed by atoms with Crippen LogP contribution < -0.4 is 5.32 Å². The molecular weight excluding hydrogens is 250 g/mol. The monoisotopic (exact) mass is 263 g/mol. The summed E-state index contributed by atoms with van der Waals surface area (Å²) < 4.78 is 0. The molecule has 0 spiro atoms. The fourth-order valence-electron chi connectivity index (χ4n) is 1.66. The Morgan fingerprint density at radius 1 is 1.50 bits per heavy atom. The van der Waals surface area contributed by atoms with Gasteiger partial charge < -0.3 is 5.32 Å². The molecule has 0 bridgehead atoms. The van der Waals surface area contributed by atoms with Crippen LogP contribution in [0.5, 0.6) is 0 Å². The second-order valence-electron chi connectivity index (χ2n) is 4.05. The topological polar surface area (TPSA) is 68.1 Å². The molecule has 0 aliphatic rings. The van der Waals surface area contributed by atoms with Gasteiger partial charge in [0.15, 0.2) is 0 Å². The second kappa shape index (κ2) is 5.14. The lowest BCUT2D eigenvalue weighted by molar-refractivity contribution is -0.384. The molecule has 1 heterocycles. The summed E-state index contributed by atoms with van der Waals surface area (Å²) in [6.07, 6.45) is 1.77. The largest absolute Gasteiger partial charge is 0.372 e. The molecule has 0 unspecified atom stereocenters. The van der Waals surface area contributed by atoms with E-state index in [-0.39, 0.29) is 16.7 Å². The van der Waals surface area contributed by atoms with Crippen LogP contribution in [0.3, 0.4) is 0 Å². The molecule has 1 N–H and O–H groups in total. The number of nitro groups is 1. The van der Waals surface area contributed by atoms with Crippen LogP contribution in [0.25, 0.3) is 0 Å². The van der Waals surface area contributed by atoms with Gasteiger partial charge in [-0.3, -0.25) is 15.1 Å². The number of hydrogen-bond acceptors (Lipinski definition) is 5. The van der Waals surface area contributed by atoms with Crippen molar-refractivity contribution in [1.82, 2.24) is 4.98 Å². The smallest absolute Gasteiger partial charge is 0.292 e. The highest BCUT2D eigenvalue weighted by Crippen LogP contribution is 2.29. The van der Waals surface area contributed by atoms with Gasteiger partial charge in [-0.25, -0.2) is 0 Å². The first-order chi connectivity index (χ1) is 8.58. The van der Waals surface area contributed by atoms with E-state index >= 15 is 0 Å². The molecule has 18 heavy (non-hydrogen) atoms. The molecule has 1 atom stereocenters. The number of benzene rings is 1. The normalized spacial score (nSPS) is 12.1. The van der Waals surface area contributed by atoms with E-state index in [0.29, 0.717) is 5.69 Å². The van der Waals surface area contributed by atoms with Gasteiger partial charge in [-0.15, -0.1) is 11.3 Å². The Balaban J connectivity index is 2.26. The minimum absolute atomic E-state index is 0.00101. The molecular formula is C12H13N3O2S. The molecule has 0 fully saturated rings. The molecule has 0 aliphatic carbocycles. The molecule has 2 aromatic rings. The van der Waals surface area contributed by atoms with Crippen molar-refractivity contribution >= 4 is 22.7 Å². The van der Waals surface area contributed by atoms with Crippen molar-refractivity contribution in [1.29, 1.82) is 0 Å². The lowest BCUT2D eigenvalue weighted by Gasteiger charge is -2.13. The number of rotatable bonds is 4. The molecule has 1 aromatic heterocycles. The van der Waals surface area contributed by atoms with Crippen molar-refractivity contribution < 1.29 is 4.92 Å². The van der Waals surface area contributed by atoms with Crippen LogP contribution in [-0.2, 0) is 0 Å². The Bertz CT molecular complexity index is 554. The van der Waals surface area contributed by atoms with Crippen molar-refractivity contribution in [2.75, 3.05) is 5.32 Å². The first-order valence-corrected chi connectivity index (χ1v) is 6.36. The van der Waals surface area contributed by atoms with E-state index < -0.39 is 0 Å². The number of anilines is 1. The third kappa shape index (κ3) is 2.65. The van der Waals surface area contributed by atoms with E-state index in [1.54, 1.807) is 23.8 Å². The lowest BCUT2D eigenvalue weighted by atomic mass is 10.1. The second-order valence-corrected chi connectivity index (χ2v) is 4.97. The predicted molar refractivity (Wildman–Crippen MR) is 72.0 cm³/mol. The van der Waals surface area contributed by atoms with Gasteiger partial charge in [0.2, 0.25) is 0 Å². The number of aryl methyl sites for hydroxylation is 1. The van der Waals surface area contributed by atoms with Crippen LogP contribution in [0.1, 0.15) is 23.4 Å². The van der Waals surface area contributed by atoms with Gasteiger partial charge in [0, 0.05) is 17.1 Å². The average Bonchev–Trinajstić information content (AvgIpc) is 2.84. The Labute approximate surface area is 109 Å². The van der Waals surface area contributed by atoms with Gasteiger partial charge >= 0.3 is 0 Å². The number of nitrogens with zero attached hydrogens (tertiary/aromatic N) is 2. The molecule has 6 heteroatoms. The Kier molecular flexibility index (Phi) is 3.57. The third-order valence-corrected chi connectivity index (χ3v) is 3.56. The van der Waals surface area contributed by atoms with Gasteiger partial charge in [-0.1, -0.05) is 6.07 Å². The van der Waals surface area contributed by atoms with Crippen LogP contribution in [0.2, 0.25) is 0 Å². The number of nitro benzene ring substituents is 1. The summed E-state index contributed by atoms with van der Waals surface area (Å²) in [5.74, 6) is 0. The number of thiazole rings is 1. The zero-order chi connectivity index (χ0) is 13.1. The maximum absolute atomic E-state index is 11.0. The molecule has 0 amide bonds. The van der Waals surface area contributed by atoms with E-state index in [9.17, 15) is 10.1 Å². The van der Waals surface area contributed by atoms with Gasteiger partial charge in [0.25, 0.3) is 5.69 Å². The van der Waals surface area contributed by atoms with Gasteiger partial charge in [-0.2, -0.15) is 0 Å². The highest BCUT2D eigenvalue weighted by atomic mass is 32.1. The zero-order valence-corrected chi connectivity index (χ0v) is 10.9. The minimum Gasteiger partial charge on any atom is -0.372 e. The quantitative estimate of drug-likeness (QED) is 0.676. The van der Waals surface area contributed by atoms with Crippen molar-refractivity contribution in [3.05, 3.63) is 50.5 Å². The SMILES string of the molecule is Cc1ccc(N[C@@H](C)c2cncs2)c([N+](=O)[O-])c1. The minimum atomic E-state index is -0.366. The first kappa shape index (κ1) is 12.5. The Hall–Kier alpha value is -1.95. The van der Waals surface area contributed by atoms with Crippen molar-refractivity contribution in [3.8, 4) is 0 Å². The number of aromatic nitrogens is 1. The maximum atomic E-state index is 11.0. The van der Waals surface area contributed by atoms with E-state index in [2.05, 4.69) is 10.3 Å². The van der Waals surface area contributed by atoms with Crippen molar-refractivity contribution in [2.24, 2.45) is 0 Å². The van der Waals surface area contributed by atoms with Crippen LogP contribution in [-0.4, -0.2) is 9.91 Å². The molecule has 0 radical (unpaired) electrons.